The molecule has 2 aromatic heterocycles. The molecule has 11 heteroatoms. The lowest BCUT2D eigenvalue weighted by molar-refractivity contribution is -0.126. The van der Waals surface area contributed by atoms with Crippen molar-refractivity contribution in [3.63, 3.8) is 0 Å². The van der Waals surface area contributed by atoms with Crippen molar-refractivity contribution in [2.24, 2.45) is 5.92 Å². The molecule has 33 heavy (non-hydrogen) atoms. The standard InChI is InChI=1S/C22H26N6O4S/c1-14-6-8-18(9-7-14)33(31,32)27-10-4-5-17(13-27)21(29)25-26-22(30)19-12-23-28-16(3)11-15(2)24-20(19)28/h6-9,11-12,17H,4-5,10,13H2,1-3H3,(H,25,29)(H,26,30)/t17-/m0/s1. The van der Waals surface area contributed by atoms with Gasteiger partial charge in [-0.2, -0.15) is 9.40 Å². The minimum Gasteiger partial charge on any atom is -0.273 e. The minimum absolute atomic E-state index is 0.0502. The molecule has 1 fully saturated rings. The van der Waals surface area contributed by atoms with Gasteiger partial charge in [0.2, 0.25) is 15.9 Å². The summed E-state index contributed by atoms with van der Waals surface area (Å²) in [6.45, 7) is 5.96. The third-order valence-corrected chi connectivity index (χ3v) is 7.61. The zero-order chi connectivity index (χ0) is 23.8. The van der Waals surface area contributed by atoms with E-state index in [0.717, 1.165) is 17.0 Å². The molecule has 2 amide bonds. The molecule has 3 aromatic rings. The number of amides is 2. The molecule has 0 aliphatic carbocycles. The van der Waals surface area contributed by atoms with Crippen LogP contribution in [0, 0.1) is 26.7 Å². The summed E-state index contributed by atoms with van der Waals surface area (Å²) >= 11 is 0. The number of hydrazine groups is 1. The number of rotatable bonds is 4. The van der Waals surface area contributed by atoms with Gasteiger partial charge in [0.25, 0.3) is 5.91 Å². The third-order valence-electron chi connectivity index (χ3n) is 5.74. The number of aromatic nitrogens is 3. The Hall–Kier alpha value is -3.31. The summed E-state index contributed by atoms with van der Waals surface area (Å²) in [6.07, 6.45) is 2.47. The van der Waals surface area contributed by atoms with Gasteiger partial charge in [0.05, 0.1) is 17.0 Å². The number of piperidine rings is 1. The molecule has 1 atom stereocenters. The lowest BCUT2D eigenvalue weighted by Gasteiger charge is -2.31. The molecular formula is C22H26N6O4S. The maximum absolute atomic E-state index is 13.0. The van der Waals surface area contributed by atoms with Crippen LogP contribution in [0.1, 0.15) is 40.2 Å². The number of carbonyl (C=O) groups excluding carboxylic acids is 2. The number of nitrogens with zero attached hydrogens (tertiary/aromatic N) is 4. The SMILES string of the molecule is Cc1ccc(S(=O)(=O)N2CCC[C@H](C(=O)NNC(=O)c3cnn4c(C)cc(C)nc34)C2)cc1. The average Bonchev–Trinajstić information content (AvgIpc) is 3.22. The average molecular weight is 471 g/mol. The summed E-state index contributed by atoms with van der Waals surface area (Å²) in [5.74, 6) is -1.56. The fourth-order valence-electron chi connectivity index (χ4n) is 3.95. The van der Waals surface area contributed by atoms with Gasteiger partial charge in [-0.1, -0.05) is 17.7 Å². The van der Waals surface area contributed by atoms with Crippen molar-refractivity contribution >= 4 is 27.5 Å². The van der Waals surface area contributed by atoms with Gasteiger partial charge in [-0.05, 0) is 51.8 Å². The zero-order valence-corrected chi connectivity index (χ0v) is 19.5. The molecule has 3 heterocycles. The van der Waals surface area contributed by atoms with Crippen LogP contribution in [-0.2, 0) is 14.8 Å². The molecule has 1 saturated heterocycles. The number of aryl methyl sites for hydroxylation is 3. The van der Waals surface area contributed by atoms with Crippen LogP contribution in [0.3, 0.4) is 0 Å². The Morgan fingerprint density at radius 3 is 2.55 bits per heavy atom. The predicted octanol–water partition coefficient (Wildman–Crippen LogP) is 1.52. The molecule has 2 N–H and O–H groups in total. The van der Waals surface area contributed by atoms with Crippen molar-refractivity contribution < 1.29 is 18.0 Å². The van der Waals surface area contributed by atoms with Crippen molar-refractivity contribution in [2.75, 3.05) is 13.1 Å². The number of nitrogens with one attached hydrogen (secondary N) is 2. The quantitative estimate of drug-likeness (QED) is 0.557. The van der Waals surface area contributed by atoms with E-state index in [1.807, 2.05) is 26.8 Å². The highest BCUT2D eigenvalue weighted by atomic mass is 32.2. The van der Waals surface area contributed by atoms with Crippen LogP contribution < -0.4 is 10.9 Å². The topological polar surface area (TPSA) is 126 Å². The molecule has 174 valence electrons. The summed E-state index contributed by atoms with van der Waals surface area (Å²) in [5, 5.41) is 4.18. The van der Waals surface area contributed by atoms with Crippen LogP contribution in [0.15, 0.2) is 41.4 Å². The summed E-state index contributed by atoms with van der Waals surface area (Å²) < 4.78 is 28.8. The normalized spacial score (nSPS) is 17.1. The summed E-state index contributed by atoms with van der Waals surface area (Å²) in [4.78, 5) is 29.9. The van der Waals surface area contributed by atoms with Crippen molar-refractivity contribution in [3.05, 3.63) is 59.0 Å². The van der Waals surface area contributed by atoms with Gasteiger partial charge in [-0.15, -0.1) is 0 Å². The van der Waals surface area contributed by atoms with Crippen LogP contribution in [0.4, 0.5) is 0 Å². The summed E-state index contributed by atoms with van der Waals surface area (Å²) in [6, 6.07) is 8.48. The van der Waals surface area contributed by atoms with E-state index in [1.165, 1.54) is 10.5 Å². The maximum Gasteiger partial charge on any atom is 0.275 e. The molecule has 0 saturated carbocycles. The fourth-order valence-corrected chi connectivity index (χ4v) is 5.48. The second kappa shape index (κ2) is 8.91. The van der Waals surface area contributed by atoms with E-state index in [2.05, 4.69) is 20.9 Å². The Kier molecular flexibility index (Phi) is 6.17. The number of hydrogen-bond acceptors (Lipinski definition) is 6. The minimum atomic E-state index is -3.70. The summed E-state index contributed by atoms with van der Waals surface area (Å²) in [5.41, 5.74) is 8.00. The van der Waals surface area contributed by atoms with E-state index in [4.69, 9.17) is 0 Å². The van der Waals surface area contributed by atoms with E-state index < -0.39 is 27.8 Å². The van der Waals surface area contributed by atoms with E-state index >= 15 is 0 Å². The lowest BCUT2D eigenvalue weighted by Crippen LogP contribution is -2.50. The van der Waals surface area contributed by atoms with Gasteiger partial charge in [-0.25, -0.2) is 17.9 Å². The molecule has 10 nitrogen and oxygen atoms in total. The van der Waals surface area contributed by atoms with Gasteiger partial charge in [-0.3, -0.25) is 20.4 Å². The number of fused-ring (bicyclic) bond motifs is 1. The van der Waals surface area contributed by atoms with Crippen LogP contribution in [0.2, 0.25) is 0 Å². The van der Waals surface area contributed by atoms with Gasteiger partial charge in [0.15, 0.2) is 5.65 Å². The molecule has 1 aromatic carbocycles. The van der Waals surface area contributed by atoms with Crippen molar-refractivity contribution in [3.8, 4) is 0 Å². The number of sulfonamides is 1. The first-order valence-corrected chi connectivity index (χ1v) is 12.1. The molecule has 0 bridgehead atoms. The zero-order valence-electron chi connectivity index (χ0n) is 18.7. The highest BCUT2D eigenvalue weighted by Gasteiger charge is 2.33. The number of hydrogen-bond donors (Lipinski definition) is 2. The number of benzene rings is 1. The largest absolute Gasteiger partial charge is 0.275 e. The van der Waals surface area contributed by atoms with Gasteiger partial charge in [0, 0.05) is 24.5 Å². The van der Waals surface area contributed by atoms with Crippen LogP contribution >= 0.6 is 0 Å². The van der Waals surface area contributed by atoms with Gasteiger partial charge >= 0.3 is 0 Å². The Balaban J connectivity index is 1.42. The van der Waals surface area contributed by atoms with Crippen molar-refractivity contribution in [1.29, 1.82) is 0 Å². The van der Waals surface area contributed by atoms with Crippen molar-refractivity contribution in [2.45, 2.75) is 38.5 Å². The third kappa shape index (κ3) is 4.60. The smallest absolute Gasteiger partial charge is 0.273 e. The Morgan fingerprint density at radius 1 is 1.09 bits per heavy atom. The Morgan fingerprint density at radius 2 is 1.82 bits per heavy atom. The highest BCUT2D eigenvalue weighted by Crippen LogP contribution is 2.24. The van der Waals surface area contributed by atoms with Crippen molar-refractivity contribution in [1.82, 2.24) is 29.8 Å². The Bertz CT molecular complexity index is 1320. The number of carbonyl (C=O) groups is 2. The maximum atomic E-state index is 13.0. The first-order valence-electron chi connectivity index (χ1n) is 10.7. The predicted molar refractivity (Wildman–Crippen MR) is 121 cm³/mol. The van der Waals surface area contributed by atoms with Gasteiger partial charge < -0.3 is 0 Å². The monoisotopic (exact) mass is 470 g/mol. The van der Waals surface area contributed by atoms with Crippen LogP contribution in [-0.4, -0.2) is 52.2 Å². The Labute approximate surface area is 192 Å². The molecule has 0 spiro atoms. The van der Waals surface area contributed by atoms with Gasteiger partial charge in [0.1, 0.15) is 5.56 Å². The van der Waals surface area contributed by atoms with Crippen LogP contribution in [0.25, 0.3) is 5.65 Å². The van der Waals surface area contributed by atoms with E-state index in [-0.39, 0.29) is 17.0 Å². The first-order chi connectivity index (χ1) is 15.7. The fraction of sp³-hybridized carbons (Fsp3) is 0.364. The first kappa shape index (κ1) is 22.9. The molecule has 1 aliphatic heterocycles. The molecule has 1 aliphatic rings. The van der Waals surface area contributed by atoms with E-state index in [1.54, 1.807) is 28.8 Å². The molecular weight excluding hydrogens is 444 g/mol. The second-order valence-electron chi connectivity index (χ2n) is 8.29. The molecule has 0 radical (unpaired) electrons. The van der Waals surface area contributed by atoms with E-state index in [9.17, 15) is 18.0 Å². The second-order valence-corrected chi connectivity index (χ2v) is 10.2. The highest BCUT2D eigenvalue weighted by molar-refractivity contribution is 7.89. The lowest BCUT2D eigenvalue weighted by atomic mass is 9.99. The van der Waals surface area contributed by atoms with E-state index in [0.29, 0.717) is 25.0 Å². The summed E-state index contributed by atoms with van der Waals surface area (Å²) in [7, 11) is -3.70. The molecule has 4 rings (SSSR count). The molecule has 0 unspecified atom stereocenters. The van der Waals surface area contributed by atoms with Crippen LogP contribution in [0.5, 0.6) is 0 Å².